The number of rotatable bonds is 4. The summed E-state index contributed by atoms with van der Waals surface area (Å²) in [6.45, 7) is 0.111. The van der Waals surface area contributed by atoms with E-state index in [1.54, 1.807) is 12.1 Å². The number of nitriles is 1. The quantitative estimate of drug-likeness (QED) is 0.793. The van der Waals surface area contributed by atoms with Gasteiger partial charge in [-0.25, -0.2) is 8.78 Å². The molecule has 0 unspecified atom stereocenters. The second-order valence-corrected chi connectivity index (χ2v) is 4.41. The molecule has 0 aliphatic carbocycles. The van der Waals surface area contributed by atoms with Crippen molar-refractivity contribution in [2.24, 2.45) is 0 Å². The normalized spacial score (nSPS) is 10.1. The SMILES string of the molecule is N#Cc1cc(COc2cc(F)cc(CCl)c2)ccc1F. The van der Waals surface area contributed by atoms with E-state index in [4.69, 9.17) is 21.6 Å². The van der Waals surface area contributed by atoms with Crippen LogP contribution in [0.2, 0.25) is 0 Å². The number of halogens is 3. The Balaban J connectivity index is 2.13. The number of hydrogen-bond acceptors (Lipinski definition) is 2. The van der Waals surface area contributed by atoms with Crippen molar-refractivity contribution in [3.05, 3.63) is 64.7 Å². The molecule has 0 aliphatic rings. The lowest BCUT2D eigenvalue weighted by Gasteiger charge is -2.08. The first-order valence-electron chi connectivity index (χ1n) is 5.79. The Morgan fingerprint density at radius 3 is 2.60 bits per heavy atom. The summed E-state index contributed by atoms with van der Waals surface area (Å²) >= 11 is 5.65. The minimum Gasteiger partial charge on any atom is -0.489 e. The van der Waals surface area contributed by atoms with E-state index in [0.717, 1.165) is 0 Å². The van der Waals surface area contributed by atoms with Gasteiger partial charge in [0.2, 0.25) is 0 Å². The summed E-state index contributed by atoms with van der Waals surface area (Å²) in [6, 6.07) is 10.1. The molecular weight excluding hydrogens is 284 g/mol. The van der Waals surface area contributed by atoms with Crippen molar-refractivity contribution in [2.75, 3.05) is 0 Å². The van der Waals surface area contributed by atoms with Gasteiger partial charge in [0.25, 0.3) is 0 Å². The van der Waals surface area contributed by atoms with Crippen LogP contribution in [0.15, 0.2) is 36.4 Å². The summed E-state index contributed by atoms with van der Waals surface area (Å²) in [5, 5.41) is 8.74. The van der Waals surface area contributed by atoms with E-state index in [1.165, 1.54) is 30.3 Å². The van der Waals surface area contributed by atoms with Crippen molar-refractivity contribution in [3.63, 3.8) is 0 Å². The topological polar surface area (TPSA) is 33.0 Å². The Morgan fingerprint density at radius 2 is 1.90 bits per heavy atom. The molecule has 0 saturated carbocycles. The van der Waals surface area contributed by atoms with Crippen LogP contribution in [0.4, 0.5) is 8.78 Å². The molecule has 0 heterocycles. The van der Waals surface area contributed by atoms with Crippen LogP contribution in [0.25, 0.3) is 0 Å². The zero-order valence-corrected chi connectivity index (χ0v) is 11.1. The minimum absolute atomic E-state index is 0.0493. The maximum Gasteiger partial charge on any atom is 0.140 e. The van der Waals surface area contributed by atoms with Crippen LogP contribution >= 0.6 is 11.6 Å². The average molecular weight is 294 g/mol. The van der Waals surface area contributed by atoms with E-state index in [0.29, 0.717) is 16.9 Å². The second-order valence-electron chi connectivity index (χ2n) is 4.14. The molecule has 2 aromatic carbocycles. The van der Waals surface area contributed by atoms with Gasteiger partial charge in [0.15, 0.2) is 0 Å². The van der Waals surface area contributed by atoms with Gasteiger partial charge in [0, 0.05) is 11.9 Å². The molecule has 20 heavy (non-hydrogen) atoms. The van der Waals surface area contributed by atoms with E-state index < -0.39 is 11.6 Å². The third-order valence-corrected chi connectivity index (χ3v) is 2.95. The Labute approximate surface area is 120 Å². The van der Waals surface area contributed by atoms with Gasteiger partial charge in [0.1, 0.15) is 30.1 Å². The number of benzene rings is 2. The van der Waals surface area contributed by atoms with Crippen LogP contribution in [0.3, 0.4) is 0 Å². The molecular formula is C15H10ClF2NO. The molecule has 0 aliphatic heterocycles. The van der Waals surface area contributed by atoms with Gasteiger partial charge in [0.05, 0.1) is 5.56 Å². The summed E-state index contributed by atoms with van der Waals surface area (Å²) in [6.07, 6.45) is 0. The fourth-order valence-electron chi connectivity index (χ4n) is 1.70. The highest BCUT2D eigenvalue weighted by atomic mass is 35.5. The first-order chi connectivity index (χ1) is 9.62. The first-order valence-corrected chi connectivity index (χ1v) is 6.32. The predicted octanol–water partition coefficient (Wildman–Crippen LogP) is 4.15. The highest BCUT2D eigenvalue weighted by molar-refractivity contribution is 6.17. The third kappa shape index (κ3) is 3.46. The molecule has 5 heteroatoms. The fourth-order valence-corrected chi connectivity index (χ4v) is 1.85. The number of ether oxygens (including phenoxy) is 1. The van der Waals surface area contributed by atoms with Crippen LogP contribution in [-0.4, -0.2) is 0 Å². The molecule has 2 rings (SSSR count). The molecule has 102 valence electrons. The maximum atomic E-state index is 13.3. The van der Waals surface area contributed by atoms with Crippen molar-refractivity contribution < 1.29 is 13.5 Å². The largest absolute Gasteiger partial charge is 0.489 e. The summed E-state index contributed by atoms with van der Waals surface area (Å²) in [5.41, 5.74) is 1.19. The summed E-state index contributed by atoms with van der Waals surface area (Å²) < 4.78 is 31.9. The van der Waals surface area contributed by atoms with Gasteiger partial charge in [-0.05, 0) is 35.4 Å². The van der Waals surface area contributed by atoms with Crippen molar-refractivity contribution >= 4 is 11.6 Å². The fraction of sp³-hybridized carbons (Fsp3) is 0.133. The molecule has 0 N–H and O–H groups in total. The van der Waals surface area contributed by atoms with E-state index >= 15 is 0 Å². The zero-order valence-electron chi connectivity index (χ0n) is 10.4. The van der Waals surface area contributed by atoms with E-state index in [1.807, 2.05) is 0 Å². The van der Waals surface area contributed by atoms with Crippen LogP contribution < -0.4 is 4.74 Å². The smallest absolute Gasteiger partial charge is 0.140 e. The van der Waals surface area contributed by atoms with Crippen molar-refractivity contribution in [2.45, 2.75) is 12.5 Å². The summed E-state index contributed by atoms with van der Waals surface area (Å²) in [4.78, 5) is 0. The van der Waals surface area contributed by atoms with Crippen LogP contribution in [-0.2, 0) is 12.5 Å². The van der Waals surface area contributed by atoms with Crippen LogP contribution in [0.1, 0.15) is 16.7 Å². The molecule has 0 bridgehead atoms. The monoisotopic (exact) mass is 293 g/mol. The van der Waals surface area contributed by atoms with Crippen molar-refractivity contribution in [1.29, 1.82) is 5.26 Å². The molecule has 0 radical (unpaired) electrons. The van der Waals surface area contributed by atoms with Crippen molar-refractivity contribution in [1.82, 2.24) is 0 Å². The molecule has 0 aromatic heterocycles. The van der Waals surface area contributed by atoms with Crippen LogP contribution in [0.5, 0.6) is 5.75 Å². The van der Waals surface area contributed by atoms with Gasteiger partial charge in [-0.2, -0.15) is 5.26 Å². The van der Waals surface area contributed by atoms with E-state index in [2.05, 4.69) is 0 Å². The number of alkyl halides is 1. The Bertz CT molecular complexity index is 667. The van der Waals surface area contributed by atoms with Gasteiger partial charge in [-0.15, -0.1) is 11.6 Å². The molecule has 0 saturated heterocycles. The maximum absolute atomic E-state index is 13.3. The molecule has 0 spiro atoms. The molecule has 2 nitrogen and oxygen atoms in total. The van der Waals surface area contributed by atoms with Gasteiger partial charge in [-0.3, -0.25) is 0 Å². The van der Waals surface area contributed by atoms with Gasteiger partial charge >= 0.3 is 0 Å². The Kier molecular flexibility index (Phi) is 4.54. The number of nitrogens with zero attached hydrogens (tertiary/aromatic N) is 1. The van der Waals surface area contributed by atoms with E-state index in [-0.39, 0.29) is 18.1 Å². The van der Waals surface area contributed by atoms with E-state index in [9.17, 15) is 8.78 Å². The third-order valence-electron chi connectivity index (χ3n) is 2.64. The highest BCUT2D eigenvalue weighted by Crippen LogP contribution is 2.19. The van der Waals surface area contributed by atoms with Gasteiger partial charge < -0.3 is 4.74 Å². The molecule has 0 fully saturated rings. The van der Waals surface area contributed by atoms with Crippen molar-refractivity contribution in [3.8, 4) is 11.8 Å². The Morgan fingerprint density at radius 1 is 1.10 bits per heavy atom. The first kappa shape index (κ1) is 14.3. The zero-order chi connectivity index (χ0) is 14.5. The lowest BCUT2D eigenvalue weighted by molar-refractivity contribution is 0.304. The molecule has 0 amide bonds. The Hall–Kier alpha value is -2.12. The van der Waals surface area contributed by atoms with Gasteiger partial charge in [-0.1, -0.05) is 6.07 Å². The minimum atomic E-state index is -0.577. The summed E-state index contributed by atoms with van der Waals surface area (Å²) in [7, 11) is 0. The lowest BCUT2D eigenvalue weighted by Crippen LogP contribution is -1.98. The second kappa shape index (κ2) is 6.36. The molecule has 2 aromatic rings. The standard InChI is InChI=1S/C15H10ClF2NO/c16-7-11-4-13(17)6-14(5-11)20-9-10-1-2-15(18)12(3-10)8-19/h1-6H,7,9H2. The summed E-state index contributed by atoms with van der Waals surface area (Å²) in [5.74, 6) is -0.492. The number of hydrogen-bond donors (Lipinski definition) is 0. The highest BCUT2D eigenvalue weighted by Gasteiger charge is 2.05. The lowest BCUT2D eigenvalue weighted by atomic mass is 10.1. The predicted molar refractivity (Wildman–Crippen MR) is 71.4 cm³/mol. The molecule has 0 atom stereocenters. The average Bonchev–Trinajstić information content (AvgIpc) is 2.45. The van der Waals surface area contributed by atoms with Crippen LogP contribution in [0, 0.1) is 23.0 Å².